The molecule has 0 amide bonds. The monoisotopic (exact) mass is 205 g/mol. The van der Waals surface area contributed by atoms with Crippen LogP contribution in [0.25, 0.3) is 0 Å². The van der Waals surface area contributed by atoms with E-state index in [2.05, 4.69) is 13.8 Å². The minimum atomic E-state index is -1.07. The molecule has 78 valence electrons. The summed E-state index contributed by atoms with van der Waals surface area (Å²) in [4.78, 5) is 10.6. The molecule has 0 aliphatic carbocycles. The van der Waals surface area contributed by atoms with Crippen LogP contribution in [0.3, 0.4) is 0 Å². The summed E-state index contributed by atoms with van der Waals surface area (Å²) in [7, 11) is 0. The topological polar surface area (TPSA) is 63.3 Å². The van der Waals surface area contributed by atoms with E-state index in [9.17, 15) is 4.79 Å². The summed E-state index contributed by atoms with van der Waals surface area (Å²) < 4.78 is 0. The summed E-state index contributed by atoms with van der Waals surface area (Å²) in [6.07, 6.45) is 0.528. The molecule has 0 aliphatic heterocycles. The first-order valence-corrected chi connectivity index (χ1v) is 5.61. The van der Waals surface area contributed by atoms with Gasteiger partial charge in [0.15, 0.2) is 0 Å². The number of hydrogen-bond acceptors (Lipinski definition) is 3. The van der Waals surface area contributed by atoms with Crippen LogP contribution in [0, 0.1) is 5.92 Å². The van der Waals surface area contributed by atoms with Gasteiger partial charge in [0, 0.05) is 0 Å². The van der Waals surface area contributed by atoms with Gasteiger partial charge >= 0.3 is 5.97 Å². The van der Waals surface area contributed by atoms with E-state index in [-0.39, 0.29) is 0 Å². The summed E-state index contributed by atoms with van der Waals surface area (Å²) in [5, 5.41) is 8.72. The number of carboxylic acid groups (broad SMARTS) is 1. The highest BCUT2D eigenvalue weighted by atomic mass is 32.2. The number of carbonyl (C=O) groups is 1. The first-order valence-electron chi connectivity index (χ1n) is 4.46. The van der Waals surface area contributed by atoms with Crippen molar-refractivity contribution in [2.24, 2.45) is 11.7 Å². The summed E-state index contributed by atoms with van der Waals surface area (Å²) in [5.74, 6) is 1.61. The molecule has 0 aromatic heterocycles. The third-order valence-corrected chi connectivity index (χ3v) is 3.10. The van der Waals surface area contributed by atoms with E-state index in [4.69, 9.17) is 10.8 Å². The molecular formula is C9H19NO2S. The number of aliphatic carboxylic acids is 1. The molecule has 0 heterocycles. The molecule has 13 heavy (non-hydrogen) atoms. The Morgan fingerprint density at radius 2 is 2.15 bits per heavy atom. The van der Waals surface area contributed by atoms with Gasteiger partial charge in [0.2, 0.25) is 0 Å². The van der Waals surface area contributed by atoms with Crippen molar-refractivity contribution in [2.45, 2.75) is 32.7 Å². The van der Waals surface area contributed by atoms with Crippen LogP contribution in [-0.2, 0) is 4.79 Å². The van der Waals surface area contributed by atoms with Gasteiger partial charge in [-0.3, -0.25) is 4.79 Å². The molecule has 0 radical (unpaired) electrons. The predicted molar refractivity (Wildman–Crippen MR) is 57.0 cm³/mol. The van der Waals surface area contributed by atoms with Gasteiger partial charge < -0.3 is 10.8 Å². The standard InChI is InChI=1S/C9H19NO2S/c1-7(2)6-13-5-4-9(3,10)8(11)12/h7H,4-6,10H2,1-3H3,(H,11,12). The number of nitrogens with two attached hydrogens (primary N) is 1. The average molecular weight is 205 g/mol. The Morgan fingerprint density at radius 1 is 1.62 bits per heavy atom. The fourth-order valence-electron chi connectivity index (χ4n) is 0.710. The lowest BCUT2D eigenvalue weighted by Crippen LogP contribution is -2.45. The molecule has 1 unspecified atom stereocenters. The van der Waals surface area contributed by atoms with Crippen molar-refractivity contribution in [2.75, 3.05) is 11.5 Å². The van der Waals surface area contributed by atoms with Crippen molar-refractivity contribution in [3.8, 4) is 0 Å². The Labute approximate surface area is 84.1 Å². The molecule has 0 rings (SSSR count). The molecule has 3 N–H and O–H groups in total. The van der Waals surface area contributed by atoms with Crippen LogP contribution in [0.5, 0.6) is 0 Å². The normalized spacial score (nSPS) is 15.8. The number of rotatable bonds is 6. The molecule has 0 bridgehead atoms. The smallest absolute Gasteiger partial charge is 0.323 e. The molecular weight excluding hydrogens is 186 g/mol. The number of thioether (sulfide) groups is 1. The summed E-state index contributed by atoms with van der Waals surface area (Å²) >= 11 is 1.76. The Hall–Kier alpha value is -0.220. The minimum Gasteiger partial charge on any atom is -0.480 e. The molecule has 0 aromatic rings. The lowest BCUT2D eigenvalue weighted by atomic mass is 10.0. The lowest BCUT2D eigenvalue weighted by molar-refractivity contribution is -0.142. The average Bonchev–Trinajstić information content (AvgIpc) is 1.97. The lowest BCUT2D eigenvalue weighted by Gasteiger charge is -2.18. The van der Waals surface area contributed by atoms with E-state index in [0.717, 1.165) is 11.5 Å². The maximum atomic E-state index is 10.6. The molecule has 4 heteroatoms. The molecule has 0 saturated carbocycles. The van der Waals surface area contributed by atoms with Crippen LogP contribution in [0.4, 0.5) is 0 Å². The van der Waals surface area contributed by atoms with Gasteiger partial charge in [-0.05, 0) is 30.8 Å². The van der Waals surface area contributed by atoms with Crippen LogP contribution in [0.1, 0.15) is 27.2 Å². The molecule has 3 nitrogen and oxygen atoms in total. The zero-order valence-electron chi connectivity index (χ0n) is 8.54. The maximum Gasteiger partial charge on any atom is 0.323 e. The van der Waals surface area contributed by atoms with Gasteiger partial charge in [-0.1, -0.05) is 13.8 Å². The Bertz CT molecular complexity index is 169. The highest BCUT2D eigenvalue weighted by Gasteiger charge is 2.26. The van der Waals surface area contributed by atoms with Crippen LogP contribution in [0.15, 0.2) is 0 Å². The largest absolute Gasteiger partial charge is 0.480 e. The van der Waals surface area contributed by atoms with E-state index in [0.29, 0.717) is 12.3 Å². The van der Waals surface area contributed by atoms with Gasteiger partial charge in [0.1, 0.15) is 5.54 Å². The van der Waals surface area contributed by atoms with Crippen molar-refractivity contribution < 1.29 is 9.90 Å². The van der Waals surface area contributed by atoms with E-state index in [1.807, 2.05) is 0 Å². The Kier molecular flexibility index (Phi) is 5.40. The Morgan fingerprint density at radius 3 is 2.54 bits per heavy atom. The van der Waals surface area contributed by atoms with E-state index >= 15 is 0 Å². The molecule has 0 fully saturated rings. The molecule has 0 aromatic carbocycles. The van der Waals surface area contributed by atoms with Crippen LogP contribution in [-0.4, -0.2) is 28.1 Å². The third kappa shape index (κ3) is 5.93. The number of hydrogen-bond donors (Lipinski definition) is 2. The van der Waals surface area contributed by atoms with Gasteiger partial charge in [0.05, 0.1) is 0 Å². The second kappa shape index (κ2) is 5.50. The summed E-state index contributed by atoms with van der Waals surface area (Å²) in [5.41, 5.74) is 4.50. The first-order chi connectivity index (χ1) is 5.86. The maximum absolute atomic E-state index is 10.6. The fourth-order valence-corrected chi connectivity index (χ4v) is 1.92. The summed E-state index contributed by atoms with van der Waals surface area (Å²) in [6.45, 7) is 5.85. The highest BCUT2D eigenvalue weighted by molar-refractivity contribution is 7.99. The fraction of sp³-hybridized carbons (Fsp3) is 0.889. The van der Waals surface area contributed by atoms with Crippen LogP contribution in [0.2, 0.25) is 0 Å². The summed E-state index contributed by atoms with van der Waals surface area (Å²) in [6, 6.07) is 0. The molecule has 0 saturated heterocycles. The van der Waals surface area contributed by atoms with Crippen molar-refractivity contribution in [1.29, 1.82) is 0 Å². The van der Waals surface area contributed by atoms with Gasteiger partial charge in [-0.25, -0.2) is 0 Å². The Balaban J connectivity index is 3.58. The third-order valence-electron chi connectivity index (χ3n) is 1.71. The van der Waals surface area contributed by atoms with E-state index in [1.54, 1.807) is 18.7 Å². The highest BCUT2D eigenvalue weighted by Crippen LogP contribution is 2.14. The van der Waals surface area contributed by atoms with E-state index < -0.39 is 11.5 Å². The van der Waals surface area contributed by atoms with Crippen LogP contribution >= 0.6 is 11.8 Å². The molecule has 0 spiro atoms. The molecule has 1 atom stereocenters. The van der Waals surface area contributed by atoms with Crippen molar-refractivity contribution >= 4 is 17.7 Å². The van der Waals surface area contributed by atoms with Gasteiger partial charge in [0.25, 0.3) is 0 Å². The second-order valence-corrected chi connectivity index (χ2v) is 5.09. The molecule has 0 aliphatic rings. The van der Waals surface area contributed by atoms with Crippen molar-refractivity contribution in [1.82, 2.24) is 0 Å². The SMILES string of the molecule is CC(C)CSCCC(C)(N)C(=O)O. The zero-order chi connectivity index (χ0) is 10.5. The van der Waals surface area contributed by atoms with Gasteiger partial charge in [-0.15, -0.1) is 0 Å². The van der Waals surface area contributed by atoms with Gasteiger partial charge in [-0.2, -0.15) is 11.8 Å². The van der Waals surface area contributed by atoms with E-state index in [1.165, 1.54) is 0 Å². The quantitative estimate of drug-likeness (QED) is 0.646. The van der Waals surface area contributed by atoms with Crippen molar-refractivity contribution in [3.05, 3.63) is 0 Å². The first kappa shape index (κ1) is 12.8. The second-order valence-electron chi connectivity index (χ2n) is 3.94. The number of carboxylic acids is 1. The minimum absolute atomic E-state index is 0.528. The van der Waals surface area contributed by atoms with Crippen molar-refractivity contribution in [3.63, 3.8) is 0 Å². The predicted octanol–water partition coefficient (Wildman–Crippen LogP) is 1.57. The zero-order valence-corrected chi connectivity index (χ0v) is 9.36. The van der Waals surface area contributed by atoms with Crippen LogP contribution < -0.4 is 5.73 Å².